The smallest absolute Gasteiger partial charge is 0.236 e. The minimum absolute atomic E-state index is 0. The molecule has 0 spiro atoms. The summed E-state index contributed by atoms with van der Waals surface area (Å²) in [6.45, 7) is 3.39. The predicted octanol–water partition coefficient (Wildman–Crippen LogP) is 1.55. The first-order chi connectivity index (χ1) is 10.5. The number of nitrogens with one attached hydrogen (secondary N) is 1. The lowest BCUT2D eigenvalue weighted by molar-refractivity contribution is -0.130. The Labute approximate surface area is 155 Å². The van der Waals surface area contributed by atoms with Crippen LogP contribution in [0.25, 0.3) is 0 Å². The van der Waals surface area contributed by atoms with E-state index in [0.29, 0.717) is 32.8 Å². The van der Waals surface area contributed by atoms with Gasteiger partial charge in [0.2, 0.25) is 5.91 Å². The van der Waals surface area contributed by atoms with Gasteiger partial charge in [-0.25, -0.2) is 4.39 Å². The zero-order valence-electron chi connectivity index (χ0n) is 14.0. The highest BCUT2D eigenvalue weighted by atomic mass is 35.5. The van der Waals surface area contributed by atoms with Crippen molar-refractivity contribution in [2.45, 2.75) is 12.7 Å². The number of ether oxygens (including phenoxy) is 1. The topological polar surface area (TPSA) is 44.8 Å². The van der Waals surface area contributed by atoms with Crippen LogP contribution in [0.15, 0.2) is 24.3 Å². The van der Waals surface area contributed by atoms with Crippen molar-refractivity contribution in [1.29, 1.82) is 0 Å². The Balaban J connectivity index is 0.00000264. The van der Waals surface area contributed by atoms with E-state index < -0.39 is 0 Å². The van der Waals surface area contributed by atoms with E-state index in [0.717, 1.165) is 12.1 Å². The Morgan fingerprint density at radius 3 is 2.79 bits per heavy atom. The minimum Gasteiger partial charge on any atom is -0.370 e. The quantitative estimate of drug-likeness (QED) is 0.811. The van der Waals surface area contributed by atoms with Gasteiger partial charge in [0.05, 0.1) is 19.3 Å². The van der Waals surface area contributed by atoms with Gasteiger partial charge in [0.15, 0.2) is 0 Å². The first-order valence-corrected chi connectivity index (χ1v) is 7.54. The van der Waals surface area contributed by atoms with Gasteiger partial charge >= 0.3 is 0 Å². The van der Waals surface area contributed by atoms with Crippen LogP contribution in [0.2, 0.25) is 0 Å². The molecule has 1 amide bonds. The summed E-state index contributed by atoms with van der Waals surface area (Å²) in [6.07, 6.45) is -0.0862. The van der Waals surface area contributed by atoms with Gasteiger partial charge < -0.3 is 19.9 Å². The van der Waals surface area contributed by atoms with Gasteiger partial charge in [0, 0.05) is 26.2 Å². The molecular weight excluding hydrogens is 356 g/mol. The molecule has 1 saturated heterocycles. The third-order valence-corrected chi connectivity index (χ3v) is 3.62. The molecule has 1 heterocycles. The van der Waals surface area contributed by atoms with Crippen molar-refractivity contribution in [3.63, 3.8) is 0 Å². The third kappa shape index (κ3) is 7.77. The number of hydrogen-bond acceptors (Lipinski definition) is 4. The lowest BCUT2D eigenvalue weighted by Crippen LogP contribution is -2.41. The molecule has 1 N–H and O–H groups in total. The van der Waals surface area contributed by atoms with E-state index >= 15 is 0 Å². The molecule has 138 valence electrons. The van der Waals surface area contributed by atoms with Gasteiger partial charge in [-0.15, -0.1) is 24.8 Å². The summed E-state index contributed by atoms with van der Waals surface area (Å²) in [6, 6.07) is 6.39. The molecule has 24 heavy (non-hydrogen) atoms. The maximum Gasteiger partial charge on any atom is 0.236 e. The number of benzene rings is 1. The Kier molecular flexibility index (Phi) is 11.2. The van der Waals surface area contributed by atoms with E-state index in [4.69, 9.17) is 4.74 Å². The van der Waals surface area contributed by atoms with E-state index in [2.05, 4.69) is 5.32 Å². The molecular formula is C16H26Cl2FN3O2. The fourth-order valence-corrected chi connectivity index (χ4v) is 2.35. The summed E-state index contributed by atoms with van der Waals surface area (Å²) in [5, 5.41) is 3.11. The van der Waals surface area contributed by atoms with Crippen molar-refractivity contribution in [3.8, 4) is 0 Å². The molecule has 0 aromatic heterocycles. The normalized spacial score (nSPS) is 17.9. The largest absolute Gasteiger partial charge is 0.370 e. The molecule has 0 aliphatic carbocycles. The van der Waals surface area contributed by atoms with Gasteiger partial charge in [0.25, 0.3) is 0 Å². The number of carbonyl (C=O) groups excluding carboxylic acids is 1. The number of nitrogens with zero attached hydrogens (tertiary/aromatic N) is 2. The maximum atomic E-state index is 13.2. The van der Waals surface area contributed by atoms with Crippen LogP contribution in [0.4, 0.5) is 4.39 Å². The van der Waals surface area contributed by atoms with Crippen LogP contribution >= 0.6 is 24.8 Å². The second kappa shape index (κ2) is 11.6. The number of amides is 1. The minimum atomic E-state index is -0.261. The predicted molar refractivity (Wildman–Crippen MR) is 97.5 cm³/mol. The molecule has 8 heteroatoms. The van der Waals surface area contributed by atoms with E-state index in [1.54, 1.807) is 6.07 Å². The van der Waals surface area contributed by atoms with E-state index in [1.165, 1.54) is 12.1 Å². The molecule has 1 atom stereocenters. The van der Waals surface area contributed by atoms with Crippen LogP contribution in [-0.2, 0) is 16.1 Å². The number of rotatable bonds is 6. The molecule has 1 aliphatic rings. The van der Waals surface area contributed by atoms with Crippen LogP contribution in [0.5, 0.6) is 0 Å². The van der Waals surface area contributed by atoms with Gasteiger partial charge in [0.1, 0.15) is 5.82 Å². The van der Waals surface area contributed by atoms with E-state index in [1.807, 2.05) is 30.0 Å². The molecule has 1 fully saturated rings. The van der Waals surface area contributed by atoms with Gasteiger partial charge in [-0.3, -0.25) is 4.79 Å². The van der Waals surface area contributed by atoms with Crippen LogP contribution in [0.3, 0.4) is 0 Å². The summed E-state index contributed by atoms with van der Waals surface area (Å²) in [5.74, 6) is -0.165. The highest BCUT2D eigenvalue weighted by Gasteiger charge is 2.23. The maximum absolute atomic E-state index is 13.2. The average molecular weight is 382 g/mol. The number of likely N-dealkylation sites (N-methyl/N-ethyl adjacent to an activating group) is 1. The Morgan fingerprint density at radius 2 is 2.12 bits per heavy atom. The first kappa shape index (κ1) is 23.1. The Bertz CT molecular complexity index is 506. The summed E-state index contributed by atoms with van der Waals surface area (Å²) in [4.78, 5) is 15.9. The van der Waals surface area contributed by atoms with Crippen molar-refractivity contribution in [2.24, 2.45) is 0 Å². The zero-order chi connectivity index (χ0) is 15.9. The highest BCUT2D eigenvalue weighted by molar-refractivity contribution is 5.85. The lowest BCUT2D eigenvalue weighted by atomic mass is 10.2. The fraction of sp³-hybridized carbons (Fsp3) is 0.562. The second-order valence-corrected chi connectivity index (χ2v) is 5.84. The van der Waals surface area contributed by atoms with Gasteiger partial charge in [-0.05, 0) is 31.8 Å². The lowest BCUT2D eigenvalue weighted by Gasteiger charge is -2.25. The summed E-state index contributed by atoms with van der Waals surface area (Å²) < 4.78 is 19.0. The average Bonchev–Trinajstić information content (AvgIpc) is 2.65. The molecule has 0 saturated carbocycles. The molecule has 2 rings (SSSR count). The van der Waals surface area contributed by atoms with Gasteiger partial charge in [-0.2, -0.15) is 0 Å². The van der Waals surface area contributed by atoms with Crippen molar-refractivity contribution >= 4 is 30.7 Å². The SMILES string of the molecule is CN(C)CCN1CC(OCc2cccc(F)c2)CNCC1=O.Cl.Cl. The molecule has 0 radical (unpaired) electrons. The van der Waals surface area contributed by atoms with E-state index in [9.17, 15) is 9.18 Å². The molecule has 5 nitrogen and oxygen atoms in total. The molecule has 1 aromatic rings. The number of halogens is 3. The van der Waals surface area contributed by atoms with Crippen molar-refractivity contribution in [2.75, 3.05) is 46.8 Å². The van der Waals surface area contributed by atoms with Crippen LogP contribution in [0.1, 0.15) is 5.56 Å². The second-order valence-electron chi connectivity index (χ2n) is 5.84. The van der Waals surface area contributed by atoms with E-state index in [-0.39, 0.29) is 42.6 Å². The molecule has 1 unspecified atom stereocenters. The van der Waals surface area contributed by atoms with Crippen LogP contribution in [-0.4, -0.2) is 68.6 Å². The third-order valence-electron chi connectivity index (χ3n) is 3.62. The monoisotopic (exact) mass is 381 g/mol. The summed E-state index contributed by atoms with van der Waals surface area (Å²) in [5.41, 5.74) is 0.801. The van der Waals surface area contributed by atoms with Gasteiger partial charge in [-0.1, -0.05) is 12.1 Å². The van der Waals surface area contributed by atoms with Crippen molar-refractivity contribution < 1.29 is 13.9 Å². The van der Waals surface area contributed by atoms with Crippen molar-refractivity contribution in [3.05, 3.63) is 35.6 Å². The zero-order valence-corrected chi connectivity index (χ0v) is 15.7. The fourth-order valence-electron chi connectivity index (χ4n) is 2.35. The summed E-state index contributed by atoms with van der Waals surface area (Å²) >= 11 is 0. The van der Waals surface area contributed by atoms with Crippen LogP contribution in [0, 0.1) is 5.82 Å². The molecule has 0 bridgehead atoms. The highest BCUT2D eigenvalue weighted by Crippen LogP contribution is 2.09. The Hall–Kier alpha value is -0.920. The first-order valence-electron chi connectivity index (χ1n) is 7.54. The Morgan fingerprint density at radius 1 is 1.38 bits per heavy atom. The molecule has 1 aromatic carbocycles. The van der Waals surface area contributed by atoms with Crippen molar-refractivity contribution in [1.82, 2.24) is 15.1 Å². The summed E-state index contributed by atoms with van der Waals surface area (Å²) in [7, 11) is 3.97. The molecule has 1 aliphatic heterocycles. The van der Waals surface area contributed by atoms with Crippen LogP contribution < -0.4 is 5.32 Å². The number of hydrogen-bond donors (Lipinski definition) is 1. The number of carbonyl (C=O) groups is 1. The standard InChI is InChI=1S/C16H24FN3O2.2ClH/c1-19(2)6-7-20-11-15(9-18-10-16(20)21)22-12-13-4-3-5-14(17)8-13;;/h3-5,8,15,18H,6-7,9-12H2,1-2H3;2*1H.